The van der Waals surface area contributed by atoms with E-state index < -0.39 is 0 Å². The van der Waals surface area contributed by atoms with Crippen LogP contribution in [-0.2, 0) is 4.79 Å². The molecule has 1 fully saturated rings. The van der Waals surface area contributed by atoms with Crippen molar-refractivity contribution in [2.24, 2.45) is 11.8 Å². The number of carbonyl (C=O) groups is 1. The van der Waals surface area contributed by atoms with Crippen LogP contribution in [0.5, 0.6) is 0 Å². The highest BCUT2D eigenvalue weighted by atomic mass is 16.2. The van der Waals surface area contributed by atoms with Gasteiger partial charge in [0.25, 0.3) is 0 Å². The third-order valence-electron chi connectivity index (χ3n) is 3.09. The van der Waals surface area contributed by atoms with Crippen LogP contribution >= 0.6 is 0 Å². The van der Waals surface area contributed by atoms with Gasteiger partial charge in [-0.2, -0.15) is 0 Å². The number of rotatable bonds is 0. The maximum absolute atomic E-state index is 11.7. The average Bonchev–Trinajstić information content (AvgIpc) is 2.49. The molecule has 1 N–H and O–H groups in total. The summed E-state index contributed by atoms with van der Waals surface area (Å²) in [6.07, 6.45) is 6.18. The molecule has 2 heteroatoms. The first-order chi connectivity index (χ1) is 6.22. The molecule has 0 aromatic carbocycles. The molecule has 13 heavy (non-hydrogen) atoms. The van der Waals surface area contributed by atoms with E-state index in [2.05, 4.69) is 6.08 Å². The lowest BCUT2D eigenvalue weighted by Gasteiger charge is -2.12. The van der Waals surface area contributed by atoms with Crippen LogP contribution in [-0.4, -0.2) is 10.9 Å². The smallest absolute Gasteiger partial charge is 0.168 e. The second-order valence-electron chi connectivity index (χ2n) is 4.00. The third-order valence-corrected chi connectivity index (χ3v) is 3.09. The number of aliphatic hydroxyl groups excluding tert-OH is 1. The van der Waals surface area contributed by atoms with Gasteiger partial charge in [-0.25, -0.2) is 0 Å². The van der Waals surface area contributed by atoms with Crippen molar-refractivity contribution in [3.05, 3.63) is 23.5 Å². The van der Waals surface area contributed by atoms with Crippen LogP contribution in [0.25, 0.3) is 0 Å². The summed E-state index contributed by atoms with van der Waals surface area (Å²) in [6, 6.07) is 0. The van der Waals surface area contributed by atoms with Gasteiger partial charge in [0.2, 0.25) is 0 Å². The van der Waals surface area contributed by atoms with Gasteiger partial charge in [-0.15, -0.1) is 0 Å². The molecule has 0 saturated heterocycles. The Morgan fingerprint density at radius 2 is 2.38 bits per heavy atom. The fourth-order valence-electron chi connectivity index (χ4n) is 2.36. The number of ketones is 1. The number of Topliss-reactive ketones (excluding diaryl/α,β-unsaturated/α-hetero) is 1. The molecule has 1 saturated carbocycles. The van der Waals surface area contributed by atoms with Gasteiger partial charge in [0.05, 0.1) is 6.26 Å². The lowest BCUT2D eigenvalue weighted by molar-refractivity contribution is -0.118. The molecular weight excluding hydrogens is 164 g/mol. The topological polar surface area (TPSA) is 37.3 Å². The van der Waals surface area contributed by atoms with Crippen molar-refractivity contribution >= 4 is 5.78 Å². The maximum atomic E-state index is 11.7. The lowest BCUT2D eigenvalue weighted by Crippen LogP contribution is -2.15. The van der Waals surface area contributed by atoms with E-state index in [-0.39, 0.29) is 17.6 Å². The highest BCUT2D eigenvalue weighted by Gasteiger charge is 2.32. The van der Waals surface area contributed by atoms with Crippen LogP contribution in [0.1, 0.15) is 26.2 Å². The molecule has 2 aliphatic rings. The van der Waals surface area contributed by atoms with Crippen LogP contribution in [0.2, 0.25) is 0 Å². The van der Waals surface area contributed by atoms with E-state index in [0.717, 1.165) is 25.5 Å². The molecule has 2 atom stereocenters. The van der Waals surface area contributed by atoms with Crippen LogP contribution < -0.4 is 0 Å². The third kappa shape index (κ3) is 1.30. The fraction of sp³-hybridized carbons (Fsp3) is 0.545. The Labute approximate surface area is 78.0 Å². The van der Waals surface area contributed by atoms with Gasteiger partial charge in [-0.1, -0.05) is 18.6 Å². The molecule has 0 amide bonds. The molecule has 2 rings (SSSR count). The number of allylic oxidation sites excluding steroid dienone is 3. The molecule has 0 heterocycles. The Hall–Kier alpha value is -1.05. The zero-order valence-corrected chi connectivity index (χ0v) is 7.79. The van der Waals surface area contributed by atoms with E-state index in [0.29, 0.717) is 5.57 Å². The van der Waals surface area contributed by atoms with Gasteiger partial charge in [0.15, 0.2) is 5.78 Å². The predicted octanol–water partition coefficient (Wildman–Crippen LogP) is 2.37. The number of aliphatic hydroxyl groups is 1. The van der Waals surface area contributed by atoms with Crippen LogP contribution in [0.3, 0.4) is 0 Å². The first-order valence-corrected chi connectivity index (χ1v) is 4.80. The van der Waals surface area contributed by atoms with Crippen LogP contribution in [0.15, 0.2) is 23.5 Å². The number of hydrogen-bond acceptors (Lipinski definition) is 2. The number of hydrogen-bond donors (Lipinski definition) is 1. The van der Waals surface area contributed by atoms with Gasteiger partial charge in [0, 0.05) is 11.5 Å². The van der Waals surface area contributed by atoms with E-state index in [4.69, 9.17) is 5.11 Å². The first kappa shape index (κ1) is 8.54. The van der Waals surface area contributed by atoms with Gasteiger partial charge < -0.3 is 5.11 Å². The normalized spacial score (nSPS) is 36.2. The van der Waals surface area contributed by atoms with E-state index >= 15 is 0 Å². The predicted molar refractivity (Wildman–Crippen MR) is 50.3 cm³/mol. The zero-order valence-electron chi connectivity index (χ0n) is 7.79. The van der Waals surface area contributed by atoms with Gasteiger partial charge in [-0.05, 0) is 25.2 Å². The molecule has 0 spiro atoms. The van der Waals surface area contributed by atoms with Crippen molar-refractivity contribution < 1.29 is 9.90 Å². The minimum Gasteiger partial charge on any atom is -0.515 e. The van der Waals surface area contributed by atoms with E-state index in [1.54, 1.807) is 0 Å². The summed E-state index contributed by atoms with van der Waals surface area (Å²) >= 11 is 0. The first-order valence-electron chi connectivity index (χ1n) is 4.80. The minimum atomic E-state index is -0.0429. The van der Waals surface area contributed by atoms with Gasteiger partial charge in [0.1, 0.15) is 0 Å². The summed E-state index contributed by atoms with van der Waals surface area (Å²) in [6.45, 7) is 1.90. The highest BCUT2D eigenvalue weighted by Crippen LogP contribution is 2.39. The molecule has 2 nitrogen and oxygen atoms in total. The van der Waals surface area contributed by atoms with Crippen LogP contribution in [0, 0.1) is 11.8 Å². The molecule has 2 aliphatic carbocycles. The number of fused-ring (bicyclic) bond motifs is 2. The molecule has 0 aliphatic heterocycles. The van der Waals surface area contributed by atoms with Crippen LogP contribution in [0.4, 0.5) is 0 Å². The molecule has 0 aromatic heterocycles. The molecule has 70 valence electrons. The quantitative estimate of drug-likeness (QED) is 0.351. The molecule has 2 unspecified atom stereocenters. The Bertz CT molecular complexity index is 299. The Morgan fingerprint density at radius 1 is 1.62 bits per heavy atom. The van der Waals surface area contributed by atoms with Crippen molar-refractivity contribution in [3.8, 4) is 0 Å². The largest absolute Gasteiger partial charge is 0.515 e. The molecule has 0 aromatic rings. The molecule has 0 radical (unpaired) electrons. The van der Waals surface area contributed by atoms with Crippen molar-refractivity contribution in [3.63, 3.8) is 0 Å². The summed E-state index contributed by atoms with van der Waals surface area (Å²) in [4.78, 5) is 11.7. The Kier molecular flexibility index (Phi) is 1.98. The number of carbonyl (C=O) groups excluding carboxylic acids is 1. The van der Waals surface area contributed by atoms with Crippen molar-refractivity contribution in [1.29, 1.82) is 0 Å². The second kappa shape index (κ2) is 3.02. The minimum absolute atomic E-state index is 0.0429. The van der Waals surface area contributed by atoms with Gasteiger partial charge in [-0.3, -0.25) is 4.79 Å². The summed E-state index contributed by atoms with van der Waals surface area (Å²) in [5.74, 6) is 0.342. The van der Waals surface area contributed by atoms with Crippen molar-refractivity contribution in [1.82, 2.24) is 0 Å². The van der Waals surface area contributed by atoms with Crippen molar-refractivity contribution in [2.45, 2.75) is 26.2 Å². The van der Waals surface area contributed by atoms with E-state index in [1.807, 2.05) is 6.92 Å². The SMILES string of the molecule is CC1C=C2CCC(C2)/C(=C\O)C1=O. The van der Waals surface area contributed by atoms with E-state index in [1.165, 1.54) is 5.57 Å². The summed E-state index contributed by atoms with van der Waals surface area (Å²) < 4.78 is 0. The maximum Gasteiger partial charge on any atom is 0.168 e. The zero-order chi connectivity index (χ0) is 9.42. The van der Waals surface area contributed by atoms with Gasteiger partial charge >= 0.3 is 0 Å². The monoisotopic (exact) mass is 178 g/mol. The lowest BCUT2D eigenvalue weighted by atomic mass is 9.91. The van der Waals surface area contributed by atoms with Crippen molar-refractivity contribution in [2.75, 3.05) is 0 Å². The second-order valence-corrected chi connectivity index (χ2v) is 4.00. The fourth-order valence-corrected chi connectivity index (χ4v) is 2.36. The molecule has 2 bridgehead atoms. The average molecular weight is 178 g/mol. The Morgan fingerprint density at radius 3 is 3.08 bits per heavy atom. The Balaban J connectivity index is 2.39. The highest BCUT2D eigenvalue weighted by molar-refractivity contribution is 5.98. The van der Waals surface area contributed by atoms with E-state index in [9.17, 15) is 4.79 Å². The standard InChI is InChI=1S/C11H14O2/c1-7-4-8-2-3-9(5-8)10(6-12)11(7)13/h4,6-7,9,12H,2-3,5H2,1H3/b10-6+. The summed E-state index contributed by atoms with van der Waals surface area (Å²) in [7, 11) is 0. The summed E-state index contributed by atoms with van der Waals surface area (Å²) in [5.41, 5.74) is 2.03. The summed E-state index contributed by atoms with van der Waals surface area (Å²) in [5, 5.41) is 9.02. The molecular formula is C11H14O2.